The van der Waals surface area contributed by atoms with Crippen LogP contribution >= 0.6 is 0 Å². The number of imidazole rings is 1. The quantitative estimate of drug-likeness (QED) is 0.773. The highest BCUT2D eigenvalue weighted by atomic mass is 16.2. The van der Waals surface area contributed by atoms with Crippen LogP contribution in [-0.2, 0) is 0 Å². The predicted octanol–water partition coefficient (Wildman–Crippen LogP) is 2.32. The second-order valence-corrected chi connectivity index (χ2v) is 6.37. The number of hydrogen-bond donors (Lipinski definition) is 1. The molecule has 1 aliphatic rings. The molecule has 138 valence electrons. The number of carbonyl (C=O) groups excluding carboxylic acids is 1. The topological polar surface area (TPSA) is 79.2 Å². The van der Waals surface area contributed by atoms with E-state index < -0.39 is 0 Å². The first kappa shape index (κ1) is 17.0. The first-order chi connectivity index (χ1) is 13.2. The van der Waals surface area contributed by atoms with Gasteiger partial charge in [-0.3, -0.25) is 4.57 Å². The van der Waals surface area contributed by atoms with Crippen molar-refractivity contribution in [3.8, 4) is 5.82 Å². The smallest absolute Gasteiger partial charge is 0.321 e. The average Bonchev–Trinajstić information content (AvgIpc) is 3.23. The highest BCUT2D eigenvalue weighted by molar-refractivity contribution is 5.89. The fourth-order valence-corrected chi connectivity index (χ4v) is 3.09. The van der Waals surface area contributed by atoms with Crippen LogP contribution in [0.4, 0.5) is 16.3 Å². The zero-order valence-corrected chi connectivity index (χ0v) is 15.1. The summed E-state index contributed by atoms with van der Waals surface area (Å²) < 4.78 is 1.86. The third kappa shape index (κ3) is 3.89. The summed E-state index contributed by atoms with van der Waals surface area (Å²) >= 11 is 0. The van der Waals surface area contributed by atoms with Gasteiger partial charge in [0.15, 0.2) is 0 Å². The van der Waals surface area contributed by atoms with Crippen LogP contribution in [0.15, 0.2) is 55.1 Å². The second-order valence-electron chi connectivity index (χ2n) is 6.37. The van der Waals surface area contributed by atoms with Crippen molar-refractivity contribution in [3.63, 3.8) is 0 Å². The molecule has 0 radical (unpaired) electrons. The van der Waals surface area contributed by atoms with Gasteiger partial charge >= 0.3 is 6.03 Å². The first-order valence-corrected chi connectivity index (χ1v) is 8.89. The molecule has 3 heterocycles. The van der Waals surface area contributed by atoms with E-state index in [0.29, 0.717) is 18.9 Å². The molecule has 2 amide bonds. The first-order valence-electron chi connectivity index (χ1n) is 8.89. The lowest BCUT2D eigenvalue weighted by molar-refractivity contribution is 0.208. The van der Waals surface area contributed by atoms with Crippen molar-refractivity contribution in [2.45, 2.75) is 6.92 Å². The number of anilines is 2. The van der Waals surface area contributed by atoms with Gasteiger partial charge in [0.25, 0.3) is 0 Å². The molecule has 1 aromatic carbocycles. The van der Waals surface area contributed by atoms with E-state index in [1.54, 1.807) is 12.5 Å². The van der Waals surface area contributed by atoms with Crippen LogP contribution in [0.5, 0.6) is 0 Å². The van der Waals surface area contributed by atoms with Gasteiger partial charge in [0.2, 0.25) is 0 Å². The Kier molecular flexibility index (Phi) is 4.69. The third-order valence-corrected chi connectivity index (χ3v) is 4.50. The summed E-state index contributed by atoms with van der Waals surface area (Å²) in [4.78, 5) is 29.6. The Labute approximate surface area is 157 Å². The van der Waals surface area contributed by atoms with Gasteiger partial charge < -0.3 is 15.1 Å². The lowest BCUT2D eigenvalue weighted by Gasteiger charge is -2.35. The molecule has 3 aromatic rings. The van der Waals surface area contributed by atoms with Gasteiger partial charge in [-0.25, -0.2) is 19.7 Å². The number of carbonyl (C=O) groups is 1. The second kappa shape index (κ2) is 7.45. The summed E-state index contributed by atoms with van der Waals surface area (Å²) in [7, 11) is 0. The molecule has 0 aliphatic carbocycles. The van der Waals surface area contributed by atoms with Gasteiger partial charge in [0.05, 0.1) is 0 Å². The van der Waals surface area contributed by atoms with Crippen LogP contribution in [0, 0.1) is 6.92 Å². The maximum Gasteiger partial charge on any atom is 0.321 e. The highest BCUT2D eigenvalue weighted by Crippen LogP contribution is 2.18. The van der Waals surface area contributed by atoms with Gasteiger partial charge in [-0.05, 0) is 19.1 Å². The SMILES string of the molecule is Cc1nc(N2CCN(C(=O)Nc3ccccc3)CC2)cc(-n2ccnc2)n1. The number of piperazine rings is 1. The Balaban J connectivity index is 1.41. The number of aryl methyl sites for hydroxylation is 1. The number of nitrogens with one attached hydrogen (secondary N) is 1. The summed E-state index contributed by atoms with van der Waals surface area (Å²) in [5.41, 5.74) is 0.807. The van der Waals surface area contributed by atoms with Crippen molar-refractivity contribution in [2.75, 3.05) is 36.4 Å². The number of hydrogen-bond acceptors (Lipinski definition) is 5. The van der Waals surface area contributed by atoms with Gasteiger partial charge in [0, 0.05) is 50.3 Å². The molecule has 0 saturated carbocycles. The minimum absolute atomic E-state index is 0.0705. The van der Waals surface area contributed by atoms with E-state index in [0.717, 1.165) is 30.4 Å². The number of aromatic nitrogens is 4. The summed E-state index contributed by atoms with van der Waals surface area (Å²) in [6.07, 6.45) is 5.30. The van der Waals surface area contributed by atoms with Crippen LogP contribution in [0.1, 0.15) is 5.82 Å². The molecule has 1 aliphatic heterocycles. The molecule has 0 spiro atoms. The molecule has 8 heteroatoms. The maximum atomic E-state index is 12.4. The molecule has 1 saturated heterocycles. The van der Waals surface area contributed by atoms with E-state index in [1.807, 2.05) is 59.0 Å². The normalized spacial score (nSPS) is 14.3. The van der Waals surface area contributed by atoms with Crippen molar-refractivity contribution >= 4 is 17.5 Å². The molecule has 0 atom stereocenters. The molecule has 1 fully saturated rings. The predicted molar refractivity (Wildman–Crippen MR) is 103 cm³/mol. The third-order valence-electron chi connectivity index (χ3n) is 4.50. The summed E-state index contributed by atoms with van der Waals surface area (Å²) in [6, 6.07) is 11.4. The van der Waals surface area contributed by atoms with E-state index in [1.165, 1.54) is 0 Å². The van der Waals surface area contributed by atoms with Crippen LogP contribution in [0.3, 0.4) is 0 Å². The Hall–Kier alpha value is -3.42. The Bertz CT molecular complexity index is 903. The Morgan fingerprint density at radius 1 is 1.04 bits per heavy atom. The molecule has 0 bridgehead atoms. The Morgan fingerprint density at radius 3 is 2.48 bits per heavy atom. The molecule has 4 rings (SSSR count). The fourth-order valence-electron chi connectivity index (χ4n) is 3.09. The molecular formula is C19H21N7O. The lowest BCUT2D eigenvalue weighted by atomic mass is 10.3. The molecule has 8 nitrogen and oxygen atoms in total. The van der Waals surface area contributed by atoms with Crippen LogP contribution in [0.2, 0.25) is 0 Å². The molecule has 27 heavy (non-hydrogen) atoms. The van der Waals surface area contributed by atoms with E-state index in [2.05, 4.69) is 25.2 Å². The number of amides is 2. The van der Waals surface area contributed by atoms with Crippen molar-refractivity contribution in [3.05, 3.63) is 60.9 Å². The number of nitrogens with zero attached hydrogens (tertiary/aromatic N) is 6. The summed E-state index contributed by atoms with van der Waals surface area (Å²) in [5, 5.41) is 2.94. The number of rotatable bonds is 3. The number of benzene rings is 1. The Morgan fingerprint density at radius 2 is 1.78 bits per heavy atom. The van der Waals surface area contributed by atoms with Crippen LogP contribution in [-0.4, -0.2) is 56.6 Å². The van der Waals surface area contributed by atoms with Crippen LogP contribution in [0.25, 0.3) is 5.82 Å². The molecule has 1 N–H and O–H groups in total. The highest BCUT2D eigenvalue weighted by Gasteiger charge is 2.22. The van der Waals surface area contributed by atoms with Gasteiger partial charge in [-0.1, -0.05) is 18.2 Å². The monoisotopic (exact) mass is 363 g/mol. The van der Waals surface area contributed by atoms with Crippen molar-refractivity contribution in [2.24, 2.45) is 0 Å². The van der Waals surface area contributed by atoms with Crippen molar-refractivity contribution < 1.29 is 4.79 Å². The number of para-hydroxylation sites is 1. The van der Waals surface area contributed by atoms with E-state index in [-0.39, 0.29) is 6.03 Å². The van der Waals surface area contributed by atoms with Crippen LogP contribution < -0.4 is 10.2 Å². The fraction of sp³-hybridized carbons (Fsp3) is 0.263. The lowest BCUT2D eigenvalue weighted by Crippen LogP contribution is -2.50. The zero-order chi connectivity index (χ0) is 18.6. The standard InChI is InChI=1S/C19H21N7O/c1-15-21-17(13-18(22-15)26-8-7-20-14-26)24-9-11-25(12-10-24)19(27)23-16-5-3-2-4-6-16/h2-8,13-14H,9-12H2,1H3,(H,23,27). The molecular weight excluding hydrogens is 342 g/mol. The molecule has 2 aromatic heterocycles. The van der Waals surface area contributed by atoms with Gasteiger partial charge in [-0.15, -0.1) is 0 Å². The van der Waals surface area contributed by atoms with E-state index >= 15 is 0 Å². The minimum atomic E-state index is -0.0705. The number of urea groups is 1. The van der Waals surface area contributed by atoms with Gasteiger partial charge in [-0.2, -0.15) is 0 Å². The van der Waals surface area contributed by atoms with E-state index in [9.17, 15) is 4.79 Å². The maximum absolute atomic E-state index is 12.4. The van der Waals surface area contributed by atoms with Gasteiger partial charge in [0.1, 0.15) is 23.8 Å². The van der Waals surface area contributed by atoms with Crippen molar-refractivity contribution in [1.82, 2.24) is 24.4 Å². The van der Waals surface area contributed by atoms with E-state index in [4.69, 9.17) is 0 Å². The van der Waals surface area contributed by atoms with Crippen molar-refractivity contribution in [1.29, 1.82) is 0 Å². The zero-order valence-electron chi connectivity index (χ0n) is 15.1. The minimum Gasteiger partial charge on any atom is -0.353 e. The summed E-state index contributed by atoms with van der Waals surface area (Å²) in [6.45, 7) is 4.61. The summed E-state index contributed by atoms with van der Waals surface area (Å²) in [5.74, 6) is 2.37. The average molecular weight is 363 g/mol. The largest absolute Gasteiger partial charge is 0.353 e. The molecule has 0 unspecified atom stereocenters.